The van der Waals surface area contributed by atoms with Crippen LogP contribution in [-0.2, 0) is 4.79 Å². The molecule has 0 radical (unpaired) electrons. The van der Waals surface area contributed by atoms with Crippen LogP contribution in [-0.4, -0.2) is 56.6 Å². The number of hydrazine groups is 1. The zero-order valence-corrected chi connectivity index (χ0v) is 18.1. The van der Waals surface area contributed by atoms with Crippen molar-refractivity contribution in [2.75, 3.05) is 31.1 Å². The Balaban J connectivity index is 1.19. The third-order valence-corrected chi connectivity index (χ3v) is 7.25. The maximum atomic E-state index is 13.8. The second-order valence-corrected chi connectivity index (χ2v) is 9.15. The van der Waals surface area contributed by atoms with E-state index in [1.807, 2.05) is 22.9 Å². The van der Waals surface area contributed by atoms with Gasteiger partial charge in [0.1, 0.15) is 17.5 Å². The Bertz CT molecular complexity index is 1170. The van der Waals surface area contributed by atoms with Gasteiger partial charge in [-0.05, 0) is 43.0 Å². The van der Waals surface area contributed by atoms with E-state index >= 15 is 0 Å². The highest BCUT2D eigenvalue weighted by Gasteiger charge is 2.56. The van der Waals surface area contributed by atoms with Gasteiger partial charge in [-0.25, -0.2) is 23.8 Å². The Morgan fingerprint density at radius 2 is 1.79 bits per heavy atom. The average Bonchev–Trinajstić information content (AvgIpc) is 3.53. The summed E-state index contributed by atoms with van der Waals surface area (Å²) in [5, 5.41) is 3.84. The highest BCUT2D eigenvalue weighted by molar-refractivity contribution is 5.85. The molecular formula is C24H24F2N6O. The van der Waals surface area contributed by atoms with Gasteiger partial charge in [0.2, 0.25) is 5.91 Å². The topological polar surface area (TPSA) is 57.5 Å². The predicted molar refractivity (Wildman–Crippen MR) is 117 cm³/mol. The van der Waals surface area contributed by atoms with Gasteiger partial charge in [-0.2, -0.15) is 0 Å². The highest BCUT2D eigenvalue weighted by Crippen LogP contribution is 2.47. The van der Waals surface area contributed by atoms with Crippen molar-refractivity contribution in [1.29, 1.82) is 0 Å². The number of carbonyl (C=O) groups is 1. The van der Waals surface area contributed by atoms with Crippen molar-refractivity contribution in [3.8, 4) is 5.69 Å². The summed E-state index contributed by atoms with van der Waals surface area (Å²) in [6.45, 7) is 2.84. The van der Waals surface area contributed by atoms with Gasteiger partial charge in [0.25, 0.3) is 0 Å². The molecule has 7 nitrogen and oxygen atoms in total. The standard InChI is InChI=1S/C24H24F2N6O/c25-18-11-17(12-19(26)13-18)21-2-7-31-15-24(23(33)32(21)31)3-8-29(9-4-24)22-14-20(1-5-28-22)30-10-6-27-16-30/h1,5-6,10-14,16,21H,2-4,7-9,15H2/t21-/m0/s1. The van der Waals surface area contributed by atoms with Crippen LogP contribution in [0, 0.1) is 17.0 Å². The van der Waals surface area contributed by atoms with Crippen LogP contribution in [0.25, 0.3) is 5.69 Å². The van der Waals surface area contributed by atoms with E-state index in [4.69, 9.17) is 0 Å². The number of nitrogens with zero attached hydrogens (tertiary/aromatic N) is 6. The summed E-state index contributed by atoms with van der Waals surface area (Å²) in [7, 11) is 0. The quantitative estimate of drug-likeness (QED) is 0.613. The van der Waals surface area contributed by atoms with Crippen molar-refractivity contribution in [1.82, 2.24) is 24.6 Å². The number of piperidine rings is 1. The summed E-state index contributed by atoms with van der Waals surface area (Å²) in [6.07, 6.45) is 9.31. The van der Waals surface area contributed by atoms with Crippen molar-refractivity contribution < 1.29 is 13.6 Å². The number of amides is 1. The molecule has 33 heavy (non-hydrogen) atoms. The van der Waals surface area contributed by atoms with Crippen LogP contribution < -0.4 is 4.90 Å². The van der Waals surface area contributed by atoms with Gasteiger partial charge in [-0.1, -0.05) is 0 Å². The van der Waals surface area contributed by atoms with E-state index in [1.54, 1.807) is 23.7 Å². The largest absolute Gasteiger partial charge is 0.356 e. The molecule has 3 aliphatic heterocycles. The fraction of sp³-hybridized carbons (Fsp3) is 0.375. The van der Waals surface area contributed by atoms with Crippen LogP contribution in [0.1, 0.15) is 30.9 Å². The number of aromatic nitrogens is 3. The second kappa shape index (κ2) is 7.62. The van der Waals surface area contributed by atoms with Crippen molar-refractivity contribution in [2.24, 2.45) is 5.41 Å². The van der Waals surface area contributed by atoms with E-state index in [1.165, 1.54) is 12.1 Å². The monoisotopic (exact) mass is 450 g/mol. The lowest BCUT2D eigenvalue weighted by Gasteiger charge is -2.38. The molecule has 6 rings (SSSR count). The summed E-state index contributed by atoms with van der Waals surface area (Å²) in [6, 6.07) is 7.22. The number of imidazole rings is 1. The van der Waals surface area contributed by atoms with Crippen LogP contribution in [0.2, 0.25) is 0 Å². The summed E-state index contributed by atoms with van der Waals surface area (Å²) >= 11 is 0. The Kier molecular flexibility index (Phi) is 4.69. The molecule has 1 spiro atoms. The number of hydrogen-bond acceptors (Lipinski definition) is 5. The molecular weight excluding hydrogens is 426 g/mol. The van der Waals surface area contributed by atoms with Crippen LogP contribution in [0.3, 0.4) is 0 Å². The number of carbonyl (C=O) groups excluding carboxylic acids is 1. The predicted octanol–water partition coefficient (Wildman–Crippen LogP) is 3.34. The minimum Gasteiger partial charge on any atom is -0.356 e. The maximum absolute atomic E-state index is 13.8. The Morgan fingerprint density at radius 1 is 1.00 bits per heavy atom. The number of fused-ring (bicyclic) bond motifs is 1. The third-order valence-electron chi connectivity index (χ3n) is 7.25. The molecule has 1 aromatic carbocycles. The number of hydrogen-bond donors (Lipinski definition) is 0. The molecule has 9 heteroatoms. The number of benzene rings is 1. The summed E-state index contributed by atoms with van der Waals surface area (Å²) in [5.74, 6) is -0.253. The molecule has 0 saturated carbocycles. The number of pyridine rings is 1. The van der Waals surface area contributed by atoms with Crippen LogP contribution in [0.15, 0.2) is 55.2 Å². The first-order valence-corrected chi connectivity index (χ1v) is 11.3. The number of halogens is 2. The lowest BCUT2D eigenvalue weighted by atomic mass is 9.77. The van der Waals surface area contributed by atoms with Gasteiger partial charge in [0.15, 0.2) is 0 Å². The van der Waals surface area contributed by atoms with E-state index in [0.29, 0.717) is 25.1 Å². The summed E-state index contributed by atoms with van der Waals surface area (Å²) in [5.41, 5.74) is 1.06. The second-order valence-electron chi connectivity index (χ2n) is 9.15. The molecule has 5 heterocycles. The average molecular weight is 450 g/mol. The Hall–Kier alpha value is -3.33. The van der Waals surface area contributed by atoms with Crippen molar-refractivity contribution in [3.63, 3.8) is 0 Å². The molecule has 0 unspecified atom stereocenters. The van der Waals surface area contributed by atoms with Gasteiger partial charge in [-0.3, -0.25) is 9.80 Å². The Labute approximate surface area is 190 Å². The zero-order chi connectivity index (χ0) is 22.6. The number of rotatable bonds is 3. The lowest BCUT2D eigenvalue weighted by molar-refractivity contribution is -0.143. The molecule has 1 atom stereocenters. The molecule has 2 aromatic heterocycles. The first-order valence-electron chi connectivity index (χ1n) is 11.3. The molecule has 0 N–H and O–H groups in total. The van der Waals surface area contributed by atoms with Crippen LogP contribution >= 0.6 is 0 Å². The Morgan fingerprint density at radius 3 is 2.52 bits per heavy atom. The summed E-state index contributed by atoms with van der Waals surface area (Å²) in [4.78, 5) is 24.5. The number of anilines is 1. The van der Waals surface area contributed by atoms with Crippen molar-refractivity contribution in [2.45, 2.75) is 25.3 Å². The van der Waals surface area contributed by atoms with Crippen molar-refractivity contribution in [3.05, 3.63) is 72.4 Å². The summed E-state index contributed by atoms with van der Waals surface area (Å²) < 4.78 is 29.6. The first kappa shape index (κ1) is 20.3. The lowest BCUT2D eigenvalue weighted by Crippen LogP contribution is -2.46. The van der Waals surface area contributed by atoms with Gasteiger partial charge < -0.3 is 9.47 Å². The molecule has 3 saturated heterocycles. The molecule has 3 aliphatic rings. The van der Waals surface area contributed by atoms with Crippen molar-refractivity contribution >= 4 is 11.7 Å². The minimum atomic E-state index is -0.608. The molecule has 3 aromatic rings. The van der Waals surface area contributed by atoms with Gasteiger partial charge in [-0.15, -0.1) is 0 Å². The van der Waals surface area contributed by atoms with Crippen LogP contribution in [0.5, 0.6) is 0 Å². The van der Waals surface area contributed by atoms with Gasteiger partial charge in [0, 0.05) is 56.9 Å². The van der Waals surface area contributed by atoms with E-state index in [-0.39, 0.29) is 11.9 Å². The van der Waals surface area contributed by atoms with Gasteiger partial charge >= 0.3 is 0 Å². The molecule has 0 aliphatic carbocycles. The molecule has 3 fully saturated rings. The first-order chi connectivity index (χ1) is 16.0. The normalized spacial score (nSPS) is 22.4. The molecule has 170 valence electrons. The fourth-order valence-corrected chi connectivity index (χ4v) is 5.55. The van der Waals surface area contributed by atoms with E-state index < -0.39 is 17.0 Å². The smallest absolute Gasteiger partial charge is 0.245 e. The minimum absolute atomic E-state index is 0.0782. The van der Waals surface area contributed by atoms with E-state index in [9.17, 15) is 13.6 Å². The molecule has 1 amide bonds. The SMILES string of the molecule is O=C1N2[C@H](c3cc(F)cc(F)c3)CCN2CC12CCN(c1cc(-n3ccnc3)ccn1)CC2. The zero-order valence-electron chi connectivity index (χ0n) is 18.1. The van der Waals surface area contributed by atoms with E-state index in [2.05, 4.69) is 19.9 Å². The van der Waals surface area contributed by atoms with Gasteiger partial charge in [0.05, 0.1) is 23.5 Å². The fourth-order valence-electron chi connectivity index (χ4n) is 5.55. The maximum Gasteiger partial charge on any atom is 0.245 e. The van der Waals surface area contributed by atoms with Crippen LogP contribution in [0.4, 0.5) is 14.6 Å². The van der Waals surface area contributed by atoms with E-state index in [0.717, 1.165) is 43.5 Å². The molecule has 0 bridgehead atoms. The highest BCUT2D eigenvalue weighted by atomic mass is 19.1. The third kappa shape index (κ3) is 3.38.